The molecule has 0 aromatic rings. The predicted molar refractivity (Wildman–Crippen MR) is 61.7 cm³/mol. The second-order valence-corrected chi connectivity index (χ2v) is 5.61. The lowest BCUT2D eigenvalue weighted by atomic mass is 10.3. The molecule has 0 rings (SSSR count). The van der Waals surface area contributed by atoms with Crippen LogP contribution in [0.3, 0.4) is 0 Å². The van der Waals surface area contributed by atoms with Crippen LogP contribution < -0.4 is 0 Å². The quantitative estimate of drug-likeness (QED) is 0.335. The van der Waals surface area contributed by atoms with Gasteiger partial charge in [0, 0.05) is 0 Å². The third-order valence-corrected chi connectivity index (χ3v) is 3.46. The fraction of sp³-hybridized carbons (Fsp3) is 1.00. The summed E-state index contributed by atoms with van der Waals surface area (Å²) in [5, 5.41) is 0. The zero-order chi connectivity index (χ0) is 15.9. The number of alkyl halides is 5. The van der Waals surface area contributed by atoms with Gasteiger partial charge in [-0.2, -0.15) is 22.0 Å². The summed E-state index contributed by atoms with van der Waals surface area (Å²) in [7, 11) is -4.41. The van der Waals surface area contributed by atoms with E-state index in [-0.39, 0.29) is 13.2 Å². The largest absolute Gasteiger partial charge is 0.474 e. The first kappa shape index (κ1) is 19.8. The minimum atomic E-state index is -5.79. The number of phosphoric ester groups is 1. The summed E-state index contributed by atoms with van der Waals surface area (Å²) >= 11 is 0. The Morgan fingerprint density at radius 3 is 1.90 bits per heavy atom. The standard InChI is InChI=1S/C10H18F5O4P/c1-3-5-7-18-20(16,17-6-4-2)19-8-9(11,12)10(13,14)15/h3-8H2,1-2H3. The molecular weight excluding hydrogens is 310 g/mol. The lowest BCUT2D eigenvalue weighted by Gasteiger charge is -2.23. The smallest absolute Gasteiger partial charge is 0.287 e. The molecule has 0 saturated carbocycles. The third kappa shape index (κ3) is 6.97. The van der Waals surface area contributed by atoms with E-state index in [1.165, 1.54) is 0 Å². The Bertz CT molecular complexity index is 321. The molecule has 10 heteroatoms. The molecule has 0 saturated heterocycles. The Hall–Kier alpha value is -0.240. The van der Waals surface area contributed by atoms with Crippen LogP contribution in [0.1, 0.15) is 33.1 Å². The molecule has 122 valence electrons. The van der Waals surface area contributed by atoms with Gasteiger partial charge in [-0.25, -0.2) is 4.57 Å². The van der Waals surface area contributed by atoms with Crippen LogP contribution >= 0.6 is 7.82 Å². The van der Waals surface area contributed by atoms with E-state index < -0.39 is 26.5 Å². The van der Waals surface area contributed by atoms with E-state index in [0.717, 1.165) is 0 Å². The molecule has 0 aromatic carbocycles. The van der Waals surface area contributed by atoms with Crippen LogP contribution in [-0.4, -0.2) is 31.9 Å². The maximum atomic E-state index is 12.7. The molecule has 0 aliphatic heterocycles. The van der Waals surface area contributed by atoms with Crippen LogP contribution in [0.4, 0.5) is 22.0 Å². The minimum Gasteiger partial charge on any atom is -0.287 e. The van der Waals surface area contributed by atoms with Crippen LogP contribution in [0.5, 0.6) is 0 Å². The molecule has 0 N–H and O–H groups in total. The van der Waals surface area contributed by atoms with Gasteiger partial charge in [0.2, 0.25) is 0 Å². The number of halogens is 5. The number of hydrogen-bond donors (Lipinski definition) is 0. The Morgan fingerprint density at radius 1 is 0.900 bits per heavy atom. The van der Waals surface area contributed by atoms with Crippen LogP contribution in [0, 0.1) is 0 Å². The fourth-order valence-electron chi connectivity index (χ4n) is 0.878. The van der Waals surface area contributed by atoms with Crippen molar-refractivity contribution >= 4 is 7.82 Å². The molecule has 1 unspecified atom stereocenters. The van der Waals surface area contributed by atoms with Crippen molar-refractivity contribution < 1.29 is 40.1 Å². The van der Waals surface area contributed by atoms with Crippen LogP contribution in [-0.2, 0) is 18.1 Å². The first-order valence-corrected chi connectivity index (χ1v) is 7.52. The number of phosphoric acid groups is 1. The van der Waals surface area contributed by atoms with Gasteiger partial charge in [-0.1, -0.05) is 20.3 Å². The maximum absolute atomic E-state index is 12.7. The molecule has 4 nitrogen and oxygen atoms in total. The number of unbranched alkanes of at least 4 members (excludes halogenated alkanes) is 1. The summed E-state index contributed by atoms with van der Waals surface area (Å²) < 4.78 is 86.6. The van der Waals surface area contributed by atoms with E-state index in [0.29, 0.717) is 19.3 Å². The van der Waals surface area contributed by atoms with Gasteiger partial charge in [0.05, 0.1) is 13.2 Å². The van der Waals surface area contributed by atoms with E-state index in [1.807, 2.05) is 0 Å². The number of hydrogen-bond acceptors (Lipinski definition) is 4. The Morgan fingerprint density at radius 2 is 1.45 bits per heavy atom. The van der Waals surface area contributed by atoms with Crippen molar-refractivity contribution in [3.05, 3.63) is 0 Å². The van der Waals surface area contributed by atoms with Gasteiger partial charge >= 0.3 is 19.9 Å². The molecule has 0 spiro atoms. The zero-order valence-corrected chi connectivity index (χ0v) is 12.1. The van der Waals surface area contributed by atoms with Gasteiger partial charge in [-0.05, 0) is 12.8 Å². The molecule has 0 heterocycles. The third-order valence-electron chi connectivity index (χ3n) is 2.02. The van der Waals surface area contributed by atoms with Crippen molar-refractivity contribution in [2.45, 2.75) is 45.2 Å². The van der Waals surface area contributed by atoms with Crippen LogP contribution in [0.15, 0.2) is 0 Å². The topological polar surface area (TPSA) is 44.8 Å². The summed E-state index contributed by atoms with van der Waals surface area (Å²) in [5.41, 5.74) is 0. The maximum Gasteiger partial charge on any atom is 0.474 e. The number of rotatable bonds is 10. The van der Waals surface area contributed by atoms with Crippen molar-refractivity contribution in [1.29, 1.82) is 0 Å². The molecule has 0 aliphatic carbocycles. The summed E-state index contributed by atoms with van der Waals surface area (Å²) in [4.78, 5) is 0. The van der Waals surface area contributed by atoms with Crippen LogP contribution in [0.2, 0.25) is 0 Å². The van der Waals surface area contributed by atoms with E-state index in [9.17, 15) is 26.5 Å². The van der Waals surface area contributed by atoms with Gasteiger partial charge in [-0.3, -0.25) is 13.6 Å². The summed E-state index contributed by atoms with van der Waals surface area (Å²) in [6.45, 7) is 1.07. The zero-order valence-electron chi connectivity index (χ0n) is 11.2. The lowest BCUT2D eigenvalue weighted by molar-refractivity contribution is -0.291. The average Bonchev–Trinajstić information content (AvgIpc) is 2.33. The van der Waals surface area contributed by atoms with Gasteiger partial charge in [0.15, 0.2) is 0 Å². The Kier molecular flexibility index (Phi) is 8.16. The first-order valence-electron chi connectivity index (χ1n) is 6.06. The van der Waals surface area contributed by atoms with Crippen molar-refractivity contribution in [2.75, 3.05) is 19.8 Å². The molecule has 20 heavy (non-hydrogen) atoms. The Labute approximate surface area is 114 Å². The molecule has 1 atom stereocenters. The predicted octanol–water partition coefficient (Wildman–Crippen LogP) is 4.55. The highest BCUT2D eigenvalue weighted by molar-refractivity contribution is 7.48. The Balaban J connectivity index is 4.61. The van der Waals surface area contributed by atoms with Gasteiger partial charge in [0.25, 0.3) is 0 Å². The molecule has 0 aromatic heterocycles. The average molecular weight is 328 g/mol. The summed E-state index contributed by atoms with van der Waals surface area (Å²) in [6.07, 6.45) is -4.31. The van der Waals surface area contributed by atoms with Crippen LogP contribution in [0.25, 0.3) is 0 Å². The van der Waals surface area contributed by atoms with Crippen molar-refractivity contribution in [2.24, 2.45) is 0 Å². The summed E-state index contributed by atoms with van der Waals surface area (Å²) in [5.74, 6) is -5.12. The minimum absolute atomic E-state index is 0.116. The molecule has 0 amide bonds. The molecule has 0 aliphatic rings. The monoisotopic (exact) mass is 328 g/mol. The first-order chi connectivity index (χ1) is 9.08. The normalized spacial score (nSPS) is 16.1. The molecular formula is C10H18F5O4P. The van der Waals surface area contributed by atoms with Gasteiger partial charge in [0.1, 0.15) is 6.61 Å². The van der Waals surface area contributed by atoms with E-state index in [4.69, 9.17) is 4.52 Å². The molecule has 0 fully saturated rings. The second-order valence-electron chi connectivity index (χ2n) is 3.94. The highest BCUT2D eigenvalue weighted by Gasteiger charge is 2.58. The SMILES string of the molecule is CCCCOP(=O)(OCCC)OCC(F)(F)C(F)(F)F. The second kappa shape index (κ2) is 8.26. The fourth-order valence-corrected chi connectivity index (χ4v) is 2.18. The van der Waals surface area contributed by atoms with E-state index in [1.54, 1.807) is 13.8 Å². The molecule has 0 bridgehead atoms. The highest BCUT2D eigenvalue weighted by Crippen LogP contribution is 2.51. The van der Waals surface area contributed by atoms with Gasteiger partial charge in [-0.15, -0.1) is 0 Å². The summed E-state index contributed by atoms with van der Waals surface area (Å²) in [6, 6.07) is 0. The highest BCUT2D eigenvalue weighted by atomic mass is 31.2. The van der Waals surface area contributed by atoms with E-state index in [2.05, 4.69) is 9.05 Å². The molecule has 0 radical (unpaired) electrons. The van der Waals surface area contributed by atoms with E-state index >= 15 is 0 Å². The lowest BCUT2D eigenvalue weighted by Crippen LogP contribution is -2.40. The van der Waals surface area contributed by atoms with Gasteiger partial charge < -0.3 is 0 Å². The van der Waals surface area contributed by atoms with Crippen molar-refractivity contribution in [3.8, 4) is 0 Å². The van der Waals surface area contributed by atoms with Crippen molar-refractivity contribution in [3.63, 3.8) is 0 Å². The van der Waals surface area contributed by atoms with Crippen molar-refractivity contribution in [1.82, 2.24) is 0 Å².